The summed E-state index contributed by atoms with van der Waals surface area (Å²) in [6.07, 6.45) is 0.814. The Morgan fingerprint density at radius 2 is 2.00 bits per heavy atom. The maximum absolute atomic E-state index is 12.8. The van der Waals surface area contributed by atoms with Crippen LogP contribution in [0.3, 0.4) is 0 Å². The van der Waals surface area contributed by atoms with Gasteiger partial charge in [-0.05, 0) is 45.1 Å². The zero-order chi connectivity index (χ0) is 20.9. The molecule has 2 amide bonds. The fourth-order valence-corrected chi connectivity index (χ4v) is 6.24. The number of hydrogen-bond acceptors (Lipinski definition) is 5. The molecule has 3 heterocycles. The molecular weight excluding hydrogens is 392 g/mol. The summed E-state index contributed by atoms with van der Waals surface area (Å²) in [6.45, 7) is 5.61. The fourth-order valence-electron chi connectivity index (χ4n) is 4.62. The first kappa shape index (κ1) is 20.2. The van der Waals surface area contributed by atoms with Gasteiger partial charge in [0, 0.05) is 4.75 Å². The number of amides is 2. The Morgan fingerprint density at radius 1 is 1.31 bits per heavy atom. The highest BCUT2D eigenvalue weighted by Crippen LogP contribution is 2.50. The van der Waals surface area contributed by atoms with Crippen molar-refractivity contribution >= 4 is 29.5 Å². The molecule has 0 aromatic heterocycles. The molecule has 0 aliphatic carbocycles. The van der Waals surface area contributed by atoms with Crippen molar-refractivity contribution in [2.75, 3.05) is 0 Å². The summed E-state index contributed by atoms with van der Waals surface area (Å²) in [7, 11) is 0. The van der Waals surface area contributed by atoms with Crippen molar-refractivity contribution in [3.63, 3.8) is 0 Å². The van der Waals surface area contributed by atoms with Gasteiger partial charge in [0.25, 0.3) is 0 Å². The number of carboxylic acid groups (broad SMARTS) is 1. The van der Waals surface area contributed by atoms with Crippen LogP contribution in [0.4, 0.5) is 0 Å². The minimum absolute atomic E-state index is 0.0456. The summed E-state index contributed by atoms with van der Waals surface area (Å²) in [4.78, 5) is 38.3. The van der Waals surface area contributed by atoms with E-state index in [0.717, 1.165) is 6.42 Å². The summed E-state index contributed by atoms with van der Waals surface area (Å²) in [6, 6.07) is 8.54. The fraction of sp³-hybridized carbons (Fsp3) is 0.571. The third-order valence-electron chi connectivity index (χ3n) is 6.17. The Hall–Kier alpha value is -2.06. The number of nitrogens with one attached hydrogen (secondary N) is 1. The highest BCUT2D eigenvalue weighted by atomic mass is 32.2. The number of rotatable bonds is 5. The van der Waals surface area contributed by atoms with Crippen LogP contribution >= 0.6 is 11.8 Å². The summed E-state index contributed by atoms with van der Waals surface area (Å²) < 4.78 is 5.28. The molecule has 0 radical (unpaired) electrons. The van der Waals surface area contributed by atoms with Crippen LogP contribution in [0.2, 0.25) is 0 Å². The predicted molar refractivity (Wildman–Crippen MR) is 108 cm³/mol. The number of carboxylic acids is 1. The van der Waals surface area contributed by atoms with E-state index in [2.05, 4.69) is 17.4 Å². The number of fused-ring (bicyclic) bond motifs is 1. The van der Waals surface area contributed by atoms with Gasteiger partial charge in [0.15, 0.2) is 0 Å². The molecule has 3 saturated heterocycles. The van der Waals surface area contributed by atoms with E-state index in [9.17, 15) is 19.5 Å². The molecule has 29 heavy (non-hydrogen) atoms. The Kier molecular flexibility index (Phi) is 5.11. The molecule has 156 valence electrons. The number of hydrogen-bond donors (Lipinski definition) is 2. The van der Waals surface area contributed by atoms with Crippen molar-refractivity contribution in [1.29, 1.82) is 0 Å². The van der Waals surface area contributed by atoms with Gasteiger partial charge in [-0.2, -0.15) is 0 Å². The van der Waals surface area contributed by atoms with Gasteiger partial charge in [-0.25, -0.2) is 4.79 Å². The summed E-state index contributed by atoms with van der Waals surface area (Å²) in [5, 5.41) is 12.0. The lowest BCUT2D eigenvalue weighted by Gasteiger charge is -2.43. The molecule has 3 aliphatic rings. The third-order valence-corrected chi connectivity index (χ3v) is 7.74. The molecule has 3 aliphatic heterocycles. The van der Waals surface area contributed by atoms with Crippen molar-refractivity contribution in [2.45, 2.75) is 68.0 Å². The largest absolute Gasteiger partial charge is 0.480 e. The number of nitrogens with zero attached hydrogens (tertiary/aromatic N) is 1. The van der Waals surface area contributed by atoms with Crippen LogP contribution < -0.4 is 5.32 Å². The lowest BCUT2D eigenvalue weighted by atomic mass is 9.92. The molecular formula is C21H26N2O5S. The van der Waals surface area contributed by atoms with Crippen molar-refractivity contribution in [1.82, 2.24) is 10.2 Å². The zero-order valence-electron chi connectivity index (χ0n) is 16.7. The zero-order valence-corrected chi connectivity index (χ0v) is 17.5. The number of β-lactam (4-membered cyclic amide) rings is 1. The Balaban J connectivity index is 1.37. The number of aliphatic carboxylic acids is 1. The van der Waals surface area contributed by atoms with Crippen LogP contribution in [-0.4, -0.2) is 62.2 Å². The van der Waals surface area contributed by atoms with Gasteiger partial charge >= 0.3 is 5.97 Å². The van der Waals surface area contributed by atoms with Gasteiger partial charge in [0.05, 0.1) is 6.10 Å². The smallest absolute Gasteiger partial charge is 0.327 e. The average molecular weight is 419 g/mol. The van der Waals surface area contributed by atoms with E-state index < -0.39 is 28.9 Å². The molecule has 7 nitrogen and oxygen atoms in total. The first-order valence-electron chi connectivity index (χ1n) is 9.91. The molecule has 0 spiro atoms. The molecule has 3 fully saturated rings. The van der Waals surface area contributed by atoms with Crippen molar-refractivity contribution in [3.05, 3.63) is 35.9 Å². The quantitative estimate of drug-likeness (QED) is 0.706. The van der Waals surface area contributed by atoms with Gasteiger partial charge < -0.3 is 20.1 Å². The first-order valence-corrected chi connectivity index (χ1v) is 10.8. The highest BCUT2D eigenvalue weighted by Gasteiger charge is 2.64. The maximum atomic E-state index is 12.8. The summed E-state index contributed by atoms with van der Waals surface area (Å²) >= 11 is 1.42. The Labute approximate surface area is 174 Å². The van der Waals surface area contributed by atoms with Crippen LogP contribution in [0.15, 0.2) is 30.3 Å². The molecule has 0 saturated carbocycles. The SMILES string of the molecule is CC1OC(C(=O)N[C@@H]2C(=O)N3[C@@H]2SC(C)(C)[C@@H]3C(=O)O)CC1Cc1ccccc1. The second-order valence-corrected chi connectivity index (χ2v) is 10.4. The number of carbonyl (C=O) groups excluding carboxylic acids is 2. The van der Waals surface area contributed by atoms with Crippen LogP contribution in [0, 0.1) is 5.92 Å². The van der Waals surface area contributed by atoms with E-state index in [1.807, 2.05) is 39.0 Å². The minimum atomic E-state index is -1.01. The van der Waals surface area contributed by atoms with E-state index in [4.69, 9.17) is 4.74 Å². The van der Waals surface area contributed by atoms with E-state index in [0.29, 0.717) is 6.42 Å². The molecule has 1 aromatic carbocycles. The Bertz CT molecular complexity index is 830. The van der Waals surface area contributed by atoms with E-state index >= 15 is 0 Å². The highest BCUT2D eigenvalue weighted by molar-refractivity contribution is 8.01. The molecule has 4 rings (SSSR count). The molecule has 0 bridgehead atoms. The molecule has 1 aromatic rings. The second kappa shape index (κ2) is 7.32. The number of benzene rings is 1. The second-order valence-electron chi connectivity index (χ2n) is 8.60. The van der Waals surface area contributed by atoms with Crippen LogP contribution in [0.1, 0.15) is 32.8 Å². The van der Waals surface area contributed by atoms with Crippen LogP contribution in [0.25, 0.3) is 0 Å². The maximum Gasteiger partial charge on any atom is 0.327 e. The molecule has 2 N–H and O–H groups in total. The topological polar surface area (TPSA) is 95.9 Å². The monoisotopic (exact) mass is 418 g/mol. The molecule has 3 unspecified atom stereocenters. The van der Waals surface area contributed by atoms with Gasteiger partial charge in [0.2, 0.25) is 11.8 Å². The third kappa shape index (κ3) is 3.53. The molecule has 8 heteroatoms. The normalized spacial score (nSPS) is 35.1. The minimum Gasteiger partial charge on any atom is -0.480 e. The number of ether oxygens (including phenoxy) is 1. The van der Waals surface area contributed by atoms with Gasteiger partial charge in [0.1, 0.15) is 23.6 Å². The first-order chi connectivity index (χ1) is 13.7. The van der Waals surface area contributed by atoms with Gasteiger partial charge in [-0.1, -0.05) is 30.3 Å². The Morgan fingerprint density at radius 3 is 2.66 bits per heavy atom. The van der Waals surface area contributed by atoms with Crippen molar-refractivity contribution < 1.29 is 24.2 Å². The van der Waals surface area contributed by atoms with Crippen LogP contribution in [0.5, 0.6) is 0 Å². The van der Waals surface area contributed by atoms with E-state index in [1.165, 1.54) is 22.2 Å². The molecule has 6 atom stereocenters. The average Bonchev–Trinajstić information content (AvgIpc) is 3.15. The van der Waals surface area contributed by atoms with Crippen molar-refractivity contribution in [2.24, 2.45) is 5.92 Å². The van der Waals surface area contributed by atoms with E-state index in [1.54, 1.807) is 0 Å². The summed E-state index contributed by atoms with van der Waals surface area (Å²) in [5.41, 5.74) is 1.21. The number of carbonyl (C=O) groups is 3. The van der Waals surface area contributed by atoms with E-state index in [-0.39, 0.29) is 29.2 Å². The van der Waals surface area contributed by atoms with Gasteiger partial charge in [-0.15, -0.1) is 11.8 Å². The lowest BCUT2D eigenvalue weighted by molar-refractivity contribution is -0.161. The summed E-state index contributed by atoms with van der Waals surface area (Å²) in [5.74, 6) is -1.40. The van der Waals surface area contributed by atoms with Gasteiger partial charge in [-0.3, -0.25) is 9.59 Å². The van der Waals surface area contributed by atoms with Crippen LogP contribution in [-0.2, 0) is 25.5 Å². The lowest BCUT2D eigenvalue weighted by Crippen LogP contribution is -2.71. The standard InChI is InChI=1S/C21H26N2O5S/c1-11-13(9-12-7-5-4-6-8-12)10-14(28-11)17(24)22-15-18(25)23-16(20(26)27)21(2,3)29-19(15)23/h4-8,11,13-16,19H,9-10H2,1-3H3,(H,22,24)(H,26,27)/t11?,13?,14?,15-,16+,19-/m1/s1. The number of thioether (sulfide) groups is 1. The van der Waals surface area contributed by atoms with Crippen molar-refractivity contribution in [3.8, 4) is 0 Å². The predicted octanol–water partition coefficient (Wildman–Crippen LogP) is 1.65.